The van der Waals surface area contributed by atoms with Gasteiger partial charge in [0.05, 0.1) is 12.0 Å². The van der Waals surface area contributed by atoms with Crippen LogP contribution >= 0.6 is 0 Å². The molecule has 0 saturated carbocycles. The SMILES string of the molecule is CCN(C)C=Nc1cc(C)c(Cc2cccc(C)c2C)c(C)c1. The van der Waals surface area contributed by atoms with Gasteiger partial charge in [-0.05, 0) is 86.6 Å². The molecule has 2 aromatic rings. The predicted molar refractivity (Wildman–Crippen MR) is 101 cm³/mol. The molecule has 0 saturated heterocycles. The van der Waals surface area contributed by atoms with Crippen molar-refractivity contribution < 1.29 is 0 Å². The molecule has 0 heterocycles. The summed E-state index contributed by atoms with van der Waals surface area (Å²) in [4.78, 5) is 6.66. The van der Waals surface area contributed by atoms with Gasteiger partial charge in [-0.3, -0.25) is 0 Å². The number of nitrogens with zero attached hydrogens (tertiary/aromatic N) is 2. The molecule has 0 aliphatic rings. The third-order valence-corrected chi connectivity index (χ3v) is 4.67. The minimum atomic E-state index is 0.964. The fourth-order valence-electron chi connectivity index (χ4n) is 2.76. The second-order valence-electron chi connectivity index (χ2n) is 6.41. The van der Waals surface area contributed by atoms with Crippen LogP contribution in [0.5, 0.6) is 0 Å². The van der Waals surface area contributed by atoms with Crippen LogP contribution in [0.3, 0.4) is 0 Å². The Balaban J connectivity index is 2.30. The van der Waals surface area contributed by atoms with Gasteiger partial charge in [0.15, 0.2) is 0 Å². The molecule has 122 valence electrons. The first-order valence-electron chi connectivity index (χ1n) is 8.32. The van der Waals surface area contributed by atoms with E-state index in [1.807, 2.05) is 13.4 Å². The molecule has 2 rings (SSSR count). The van der Waals surface area contributed by atoms with Crippen molar-refractivity contribution in [3.05, 3.63) is 63.7 Å². The summed E-state index contributed by atoms with van der Waals surface area (Å²) in [5, 5.41) is 0. The maximum atomic E-state index is 4.58. The highest BCUT2D eigenvalue weighted by molar-refractivity contribution is 5.62. The molecule has 0 N–H and O–H groups in total. The quantitative estimate of drug-likeness (QED) is 0.553. The van der Waals surface area contributed by atoms with Crippen molar-refractivity contribution in [1.82, 2.24) is 4.90 Å². The molecule has 0 aromatic heterocycles. The van der Waals surface area contributed by atoms with Crippen LogP contribution in [-0.4, -0.2) is 24.8 Å². The van der Waals surface area contributed by atoms with Gasteiger partial charge in [-0.25, -0.2) is 4.99 Å². The van der Waals surface area contributed by atoms with Gasteiger partial charge in [0.2, 0.25) is 0 Å². The highest BCUT2D eigenvalue weighted by atomic mass is 15.1. The van der Waals surface area contributed by atoms with Crippen LogP contribution in [0.2, 0.25) is 0 Å². The Hall–Kier alpha value is -2.09. The molecule has 2 nitrogen and oxygen atoms in total. The lowest BCUT2D eigenvalue weighted by molar-refractivity contribution is 0.552. The molecular weight excluding hydrogens is 280 g/mol. The second kappa shape index (κ2) is 7.45. The Labute approximate surface area is 140 Å². The molecule has 23 heavy (non-hydrogen) atoms. The topological polar surface area (TPSA) is 15.6 Å². The number of hydrogen-bond donors (Lipinski definition) is 0. The van der Waals surface area contributed by atoms with Crippen LogP contribution < -0.4 is 0 Å². The van der Waals surface area contributed by atoms with Crippen molar-refractivity contribution >= 4 is 12.0 Å². The van der Waals surface area contributed by atoms with Gasteiger partial charge < -0.3 is 4.90 Å². The van der Waals surface area contributed by atoms with E-state index in [9.17, 15) is 0 Å². The van der Waals surface area contributed by atoms with Gasteiger partial charge in [0.25, 0.3) is 0 Å². The van der Waals surface area contributed by atoms with Crippen LogP contribution in [0, 0.1) is 27.7 Å². The van der Waals surface area contributed by atoms with E-state index in [-0.39, 0.29) is 0 Å². The molecule has 0 amide bonds. The molecule has 0 spiro atoms. The summed E-state index contributed by atoms with van der Waals surface area (Å²) >= 11 is 0. The summed E-state index contributed by atoms with van der Waals surface area (Å²) in [5.74, 6) is 0. The zero-order valence-electron chi connectivity index (χ0n) is 15.3. The Kier molecular flexibility index (Phi) is 5.59. The third kappa shape index (κ3) is 4.22. The molecule has 2 heteroatoms. The molecule has 0 atom stereocenters. The average Bonchev–Trinajstić information content (AvgIpc) is 2.52. The lowest BCUT2D eigenvalue weighted by atomic mass is 9.92. The molecule has 2 aromatic carbocycles. The van der Waals surface area contributed by atoms with E-state index in [1.54, 1.807) is 0 Å². The monoisotopic (exact) mass is 308 g/mol. The Morgan fingerprint density at radius 3 is 2.26 bits per heavy atom. The van der Waals surface area contributed by atoms with E-state index in [0.717, 1.165) is 18.7 Å². The maximum absolute atomic E-state index is 4.58. The Morgan fingerprint density at radius 2 is 1.65 bits per heavy atom. The van der Waals surface area contributed by atoms with Gasteiger partial charge in [-0.1, -0.05) is 18.2 Å². The largest absolute Gasteiger partial charge is 0.366 e. The number of benzene rings is 2. The smallest absolute Gasteiger partial charge is 0.0909 e. The minimum Gasteiger partial charge on any atom is -0.366 e. The van der Waals surface area contributed by atoms with Gasteiger partial charge in [0.1, 0.15) is 0 Å². The number of aryl methyl sites for hydroxylation is 3. The highest BCUT2D eigenvalue weighted by Crippen LogP contribution is 2.26. The first kappa shape index (κ1) is 17.3. The van der Waals surface area contributed by atoms with E-state index in [4.69, 9.17) is 0 Å². The zero-order chi connectivity index (χ0) is 17.0. The van der Waals surface area contributed by atoms with E-state index >= 15 is 0 Å². The summed E-state index contributed by atoms with van der Waals surface area (Å²) in [6.07, 6.45) is 2.89. The third-order valence-electron chi connectivity index (χ3n) is 4.67. The molecule has 0 aliphatic carbocycles. The predicted octanol–water partition coefficient (Wildman–Crippen LogP) is 5.12. The van der Waals surface area contributed by atoms with Crippen molar-refractivity contribution in [3.8, 4) is 0 Å². The number of rotatable bonds is 5. The van der Waals surface area contributed by atoms with Crippen molar-refractivity contribution in [2.24, 2.45) is 4.99 Å². The van der Waals surface area contributed by atoms with Gasteiger partial charge in [-0.15, -0.1) is 0 Å². The fourth-order valence-corrected chi connectivity index (χ4v) is 2.76. The molecular formula is C21H28N2. The van der Waals surface area contributed by atoms with Gasteiger partial charge >= 0.3 is 0 Å². The van der Waals surface area contributed by atoms with Crippen molar-refractivity contribution in [3.63, 3.8) is 0 Å². The first-order valence-corrected chi connectivity index (χ1v) is 8.32. The molecule has 0 radical (unpaired) electrons. The van der Waals surface area contributed by atoms with Crippen molar-refractivity contribution in [2.45, 2.75) is 41.0 Å². The van der Waals surface area contributed by atoms with E-state index in [1.165, 1.54) is 33.4 Å². The second-order valence-corrected chi connectivity index (χ2v) is 6.41. The molecule has 0 bridgehead atoms. The van der Waals surface area contributed by atoms with E-state index in [0.29, 0.717) is 0 Å². The fraction of sp³-hybridized carbons (Fsp3) is 0.381. The van der Waals surface area contributed by atoms with Crippen LogP contribution in [0.25, 0.3) is 0 Å². The Bertz CT molecular complexity index is 691. The van der Waals surface area contributed by atoms with E-state index in [2.05, 4.69) is 74.8 Å². The Morgan fingerprint density at radius 1 is 1.00 bits per heavy atom. The normalized spacial score (nSPS) is 11.2. The summed E-state index contributed by atoms with van der Waals surface area (Å²) in [6.45, 7) is 11.9. The maximum Gasteiger partial charge on any atom is 0.0909 e. The summed E-state index contributed by atoms with van der Waals surface area (Å²) in [6, 6.07) is 11.0. The molecule has 0 unspecified atom stereocenters. The van der Waals surface area contributed by atoms with Crippen molar-refractivity contribution in [1.29, 1.82) is 0 Å². The summed E-state index contributed by atoms with van der Waals surface area (Å²) < 4.78 is 0. The molecule has 0 aliphatic heterocycles. The first-order chi connectivity index (χ1) is 10.9. The van der Waals surface area contributed by atoms with Gasteiger partial charge in [-0.2, -0.15) is 0 Å². The van der Waals surface area contributed by atoms with Crippen LogP contribution in [0.4, 0.5) is 5.69 Å². The van der Waals surface area contributed by atoms with Crippen LogP contribution in [-0.2, 0) is 6.42 Å². The van der Waals surface area contributed by atoms with E-state index < -0.39 is 0 Å². The average molecular weight is 308 g/mol. The minimum absolute atomic E-state index is 0.964. The van der Waals surface area contributed by atoms with Crippen LogP contribution in [0.1, 0.15) is 40.3 Å². The summed E-state index contributed by atoms with van der Waals surface area (Å²) in [5.41, 5.74) is 9.26. The van der Waals surface area contributed by atoms with Gasteiger partial charge in [0, 0.05) is 13.6 Å². The lowest BCUT2D eigenvalue weighted by Crippen LogP contribution is -2.14. The number of aliphatic imine (C=N–C) groups is 1. The zero-order valence-corrected chi connectivity index (χ0v) is 15.3. The lowest BCUT2D eigenvalue weighted by Gasteiger charge is -2.14. The molecule has 0 fully saturated rings. The van der Waals surface area contributed by atoms with Crippen molar-refractivity contribution in [2.75, 3.05) is 13.6 Å². The highest BCUT2D eigenvalue weighted by Gasteiger charge is 2.08. The van der Waals surface area contributed by atoms with Crippen LogP contribution in [0.15, 0.2) is 35.3 Å². The summed E-state index contributed by atoms with van der Waals surface area (Å²) in [7, 11) is 2.04. The standard InChI is InChI=1S/C21H28N2/c1-7-23(6)14-22-20-11-16(3)21(17(4)12-20)13-19-10-8-9-15(2)18(19)5/h8-12,14H,7,13H2,1-6H3. The number of hydrogen-bond acceptors (Lipinski definition) is 1.